The second-order valence-electron chi connectivity index (χ2n) is 9.82. The van der Waals surface area contributed by atoms with Crippen LogP contribution in [0.2, 0.25) is 0 Å². The number of allylic oxidation sites excluding steroid dienone is 1. The molecule has 3 amide bonds. The number of phenols is 1. The predicted octanol–water partition coefficient (Wildman–Crippen LogP) is 1.70. The number of aliphatic hydroxyl groups excluding tert-OH is 1. The molecule has 3 aliphatic rings. The molecule has 200 valence electrons. The van der Waals surface area contributed by atoms with Crippen molar-refractivity contribution in [1.29, 1.82) is 0 Å². The Balaban J connectivity index is 1.66. The van der Waals surface area contributed by atoms with E-state index in [2.05, 4.69) is 5.32 Å². The lowest BCUT2D eigenvalue weighted by atomic mass is 9.77. The van der Waals surface area contributed by atoms with Gasteiger partial charge in [-0.3, -0.25) is 19.3 Å². The molecule has 1 aromatic rings. The van der Waals surface area contributed by atoms with Gasteiger partial charge in [-0.2, -0.15) is 0 Å². The van der Waals surface area contributed by atoms with Gasteiger partial charge in [-0.05, 0) is 63.5 Å². The van der Waals surface area contributed by atoms with Crippen LogP contribution in [0.5, 0.6) is 5.75 Å². The number of aromatic hydroxyl groups is 1. The van der Waals surface area contributed by atoms with Gasteiger partial charge in [0, 0.05) is 37.6 Å². The molecule has 4 rings (SSSR count). The SMILES string of the molecule is CCOC1=C(C(=O)NC2CCN(C(=O)CO)CC2)N(C)C2C=C(CC)N(c3ccc(O)cc3)C(=O)C12C. The fourth-order valence-electron chi connectivity index (χ4n) is 5.60. The topological polar surface area (TPSA) is 123 Å². The summed E-state index contributed by atoms with van der Waals surface area (Å²) in [6.45, 7) is 6.31. The van der Waals surface area contributed by atoms with Crippen LogP contribution >= 0.6 is 0 Å². The van der Waals surface area contributed by atoms with Crippen LogP contribution in [0, 0.1) is 5.41 Å². The Bertz CT molecular complexity index is 1120. The average molecular weight is 513 g/mol. The number of carbonyl (C=O) groups is 3. The van der Waals surface area contributed by atoms with Crippen molar-refractivity contribution in [2.45, 2.75) is 52.1 Å². The van der Waals surface area contributed by atoms with E-state index in [1.807, 2.05) is 31.7 Å². The average Bonchev–Trinajstić information content (AvgIpc) is 3.11. The number of ether oxygens (including phenoxy) is 1. The number of likely N-dealkylation sites (tertiary alicyclic amines) is 1. The number of hydrogen-bond donors (Lipinski definition) is 3. The van der Waals surface area contributed by atoms with Gasteiger partial charge in [-0.25, -0.2) is 0 Å². The highest BCUT2D eigenvalue weighted by atomic mass is 16.5. The van der Waals surface area contributed by atoms with Gasteiger partial charge in [0.25, 0.3) is 5.91 Å². The minimum absolute atomic E-state index is 0.111. The molecule has 0 bridgehead atoms. The normalized spacial score (nSPS) is 24.2. The number of anilines is 1. The first-order valence-corrected chi connectivity index (χ1v) is 12.8. The molecule has 0 spiro atoms. The number of carbonyl (C=O) groups excluding carboxylic acids is 3. The van der Waals surface area contributed by atoms with Crippen LogP contribution in [0.15, 0.2) is 47.5 Å². The van der Waals surface area contributed by atoms with Crippen LogP contribution in [0.1, 0.15) is 40.0 Å². The van der Waals surface area contributed by atoms with Crippen LogP contribution in [0.3, 0.4) is 0 Å². The smallest absolute Gasteiger partial charge is 0.271 e. The molecule has 37 heavy (non-hydrogen) atoms. The van der Waals surface area contributed by atoms with E-state index in [0.29, 0.717) is 56.1 Å². The molecule has 3 N–H and O–H groups in total. The van der Waals surface area contributed by atoms with Crippen LogP contribution in [-0.4, -0.2) is 83.2 Å². The van der Waals surface area contributed by atoms with Crippen LogP contribution < -0.4 is 10.2 Å². The Hall–Kier alpha value is -3.53. The summed E-state index contributed by atoms with van der Waals surface area (Å²) in [6, 6.07) is 5.94. The van der Waals surface area contributed by atoms with E-state index in [4.69, 9.17) is 9.84 Å². The van der Waals surface area contributed by atoms with Crippen molar-refractivity contribution in [1.82, 2.24) is 15.1 Å². The van der Waals surface area contributed by atoms with Gasteiger partial charge < -0.3 is 30.1 Å². The summed E-state index contributed by atoms with van der Waals surface area (Å²) < 4.78 is 6.05. The number of aliphatic hydroxyl groups is 1. The summed E-state index contributed by atoms with van der Waals surface area (Å²) in [7, 11) is 1.81. The first-order valence-electron chi connectivity index (χ1n) is 12.8. The molecule has 3 aliphatic heterocycles. The third-order valence-corrected chi connectivity index (χ3v) is 7.63. The lowest BCUT2D eigenvalue weighted by Crippen LogP contribution is -2.54. The summed E-state index contributed by atoms with van der Waals surface area (Å²) in [5.74, 6) is -0.373. The molecule has 1 fully saturated rings. The number of hydrogen-bond acceptors (Lipinski definition) is 7. The zero-order chi connectivity index (χ0) is 26.9. The Morgan fingerprint density at radius 2 is 1.81 bits per heavy atom. The van der Waals surface area contributed by atoms with Gasteiger partial charge in [0.15, 0.2) is 0 Å². The molecule has 2 atom stereocenters. The molecule has 3 heterocycles. The summed E-state index contributed by atoms with van der Waals surface area (Å²) in [5, 5.41) is 21.9. The number of rotatable bonds is 7. The van der Waals surface area contributed by atoms with Crippen LogP contribution in [-0.2, 0) is 19.1 Å². The minimum Gasteiger partial charge on any atom is -0.508 e. The van der Waals surface area contributed by atoms with E-state index in [1.165, 1.54) is 0 Å². The van der Waals surface area contributed by atoms with Gasteiger partial charge >= 0.3 is 0 Å². The zero-order valence-electron chi connectivity index (χ0n) is 21.9. The molecule has 10 nitrogen and oxygen atoms in total. The van der Waals surface area contributed by atoms with E-state index < -0.39 is 18.1 Å². The second kappa shape index (κ2) is 10.5. The number of nitrogens with zero attached hydrogens (tertiary/aromatic N) is 3. The number of nitrogens with one attached hydrogen (secondary N) is 1. The monoisotopic (exact) mass is 512 g/mol. The van der Waals surface area contributed by atoms with E-state index in [-0.39, 0.29) is 29.5 Å². The van der Waals surface area contributed by atoms with Crippen LogP contribution in [0.25, 0.3) is 0 Å². The molecule has 2 unspecified atom stereocenters. The van der Waals surface area contributed by atoms with Gasteiger partial charge in [0.2, 0.25) is 11.8 Å². The fraction of sp³-hybridized carbons (Fsp3) is 0.519. The Labute approximate surface area is 217 Å². The maximum atomic E-state index is 14.2. The molecular weight excluding hydrogens is 476 g/mol. The summed E-state index contributed by atoms with van der Waals surface area (Å²) >= 11 is 0. The summed E-state index contributed by atoms with van der Waals surface area (Å²) in [4.78, 5) is 44.7. The Kier molecular flexibility index (Phi) is 7.49. The molecule has 1 saturated heterocycles. The fourth-order valence-corrected chi connectivity index (χ4v) is 5.60. The number of benzene rings is 1. The van der Waals surface area contributed by atoms with Crippen molar-refractivity contribution in [2.24, 2.45) is 5.41 Å². The Morgan fingerprint density at radius 1 is 1.16 bits per heavy atom. The number of fused-ring (bicyclic) bond motifs is 1. The molecule has 1 aromatic carbocycles. The third kappa shape index (κ3) is 4.54. The molecule has 0 radical (unpaired) electrons. The van der Waals surface area contributed by atoms with Crippen molar-refractivity contribution in [3.05, 3.63) is 47.5 Å². The maximum absolute atomic E-state index is 14.2. The maximum Gasteiger partial charge on any atom is 0.271 e. The van der Waals surface area contributed by atoms with Crippen molar-refractivity contribution in [3.8, 4) is 5.75 Å². The van der Waals surface area contributed by atoms with Gasteiger partial charge in [0.1, 0.15) is 29.2 Å². The highest BCUT2D eigenvalue weighted by Crippen LogP contribution is 2.50. The number of phenolic OH excluding ortho intramolecular Hbond substituents is 1. The minimum atomic E-state index is -1.13. The van der Waals surface area contributed by atoms with Gasteiger partial charge in [-0.15, -0.1) is 0 Å². The van der Waals surface area contributed by atoms with Gasteiger partial charge in [0.05, 0.1) is 12.6 Å². The number of amides is 3. The quantitative estimate of drug-likeness (QED) is 0.508. The summed E-state index contributed by atoms with van der Waals surface area (Å²) in [5.41, 5.74) is 0.640. The molecular formula is C27H36N4O6. The van der Waals surface area contributed by atoms with E-state index in [9.17, 15) is 19.5 Å². The van der Waals surface area contributed by atoms with E-state index in [0.717, 1.165) is 5.70 Å². The molecule has 10 heteroatoms. The van der Waals surface area contributed by atoms with E-state index in [1.54, 1.807) is 41.1 Å². The first-order chi connectivity index (χ1) is 17.7. The number of likely N-dealkylation sites (N-methyl/N-ethyl adjacent to an activating group) is 1. The zero-order valence-corrected chi connectivity index (χ0v) is 21.9. The van der Waals surface area contributed by atoms with Crippen molar-refractivity contribution >= 4 is 23.4 Å². The molecule has 0 saturated carbocycles. The lowest BCUT2D eigenvalue weighted by molar-refractivity contribution is -0.135. The second-order valence-corrected chi connectivity index (χ2v) is 9.82. The largest absolute Gasteiger partial charge is 0.508 e. The highest BCUT2D eigenvalue weighted by Gasteiger charge is 2.59. The highest BCUT2D eigenvalue weighted by molar-refractivity contribution is 6.06. The molecule has 0 aromatic heterocycles. The first kappa shape index (κ1) is 26.5. The van der Waals surface area contributed by atoms with E-state index >= 15 is 0 Å². The van der Waals surface area contributed by atoms with Gasteiger partial charge in [-0.1, -0.05) is 6.92 Å². The summed E-state index contributed by atoms with van der Waals surface area (Å²) in [6.07, 6.45) is 3.77. The third-order valence-electron chi connectivity index (χ3n) is 7.63. The number of piperidine rings is 1. The van der Waals surface area contributed by atoms with Crippen molar-refractivity contribution in [3.63, 3.8) is 0 Å². The predicted molar refractivity (Wildman–Crippen MR) is 137 cm³/mol. The van der Waals surface area contributed by atoms with Crippen molar-refractivity contribution in [2.75, 3.05) is 38.3 Å². The lowest BCUT2D eigenvalue weighted by Gasteiger charge is -2.43. The van der Waals surface area contributed by atoms with Crippen molar-refractivity contribution < 1.29 is 29.3 Å². The standard InChI is InChI=1S/C27H36N4O6/c1-5-18-15-21-27(3,26(36)31(18)19-7-9-20(33)10-8-19)24(37-6-2)23(29(21)4)25(35)28-17-11-13-30(14-12-17)22(34)16-32/h7-10,15,17,21,32-33H,5-6,11-14,16H2,1-4H3,(H,28,35). The Morgan fingerprint density at radius 3 is 2.38 bits per heavy atom. The molecule has 0 aliphatic carbocycles. The van der Waals surface area contributed by atoms with Crippen LogP contribution in [0.4, 0.5) is 5.69 Å².